The average molecular weight is 424 g/mol. The Morgan fingerprint density at radius 1 is 1.28 bits per heavy atom. The van der Waals surface area contributed by atoms with Crippen LogP contribution in [0, 0.1) is 11.3 Å². The summed E-state index contributed by atoms with van der Waals surface area (Å²) in [4.78, 5) is 13.2. The van der Waals surface area contributed by atoms with Gasteiger partial charge in [-0.3, -0.25) is 4.79 Å². The van der Waals surface area contributed by atoms with Crippen LogP contribution in [0.25, 0.3) is 11.0 Å². The lowest BCUT2D eigenvalue weighted by molar-refractivity contribution is 0.102. The first-order valence-electron chi connectivity index (χ1n) is 8.47. The van der Waals surface area contributed by atoms with Gasteiger partial charge >= 0.3 is 0 Å². The van der Waals surface area contributed by atoms with Crippen molar-refractivity contribution in [1.29, 1.82) is 5.26 Å². The molecule has 29 heavy (non-hydrogen) atoms. The Morgan fingerprint density at radius 3 is 2.86 bits per heavy atom. The minimum Gasteiger partial charge on any atom is -0.497 e. The fourth-order valence-electron chi connectivity index (χ4n) is 2.88. The third-order valence-corrected chi connectivity index (χ3v) is 5.65. The number of nitrogen functional groups attached to an aromatic ring is 1. The van der Waals surface area contributed by atoms with Crippen molar-refractivity contribution in [3.8, 4) is 11.8 Å². The van der Waals surface area contributed by atoms with Gasteiger partial charge in [0.2, 0.25) is 5.78 Å². The van der Waals surface area contributed by atoms with E-state index in [2.05, 4.69) is 11.4 Å². The highest BCUT2D eigenvalue weighted by Gasteiger charge is 2.25. The molecule has 0 unspecified atom stereocenters. The molecule has 8 heteroatoms. The molecule has 4 rings (SSSR count). The van der Waals surface area contributed by atoms with Crippen LogP contribution in [0.5, 0.6) is 5.75 Å². The Labute approximate surface area is 175 Å². The predicted molar refractivity (Wildman–Crippen MR) is 114 cm³/mol. The molecule has 0 bridgehead atoms. The molecule has 144 valence electrons. The number of thiophene rings is 1. The lowest BCUT2D eigenvalue weighted by Crippen LogP contribution is -2.01. The van der Waals surface area contributed by atoms with Gasteiger partial charge < -0.3 is 20.2 Å². The van der Waals surface area contributed by atoms with Gasteiger partial charge in [0.05, 0.1) is 12.8 Å². The zero-order chi connectivity index (χ0) is 20.5. The van der Waals surface area contributed by atoms with E-state index in [0.717, 1.165) is 11.3 Å². The van der Waals surface area contributed by atoms with E-state index in [4.69, 9.17) is 26.5 Å². The molecule has 6 nitrogen and oxygen atoms in total. The number of hydrogen-bond acceptors (Lipinski definition) is 7. The molecule has 0 spiro atoms. The van der Waals surface area contributed by atoms with Crippen LogP contribution in [0.4, 0.5) is 16.4 Å². The number of hydrogen-bond donors (Lipinski definition) is 2. The molecule has 0 atom stereocenters. The number of carbonyl (C=O) groups excluding carboxylic acids is 1. The van der Waals surface area contributed by atoms with E-state index in [1.165, 1.54) is 0 Å². The van der Waals surface area contributed by atoms with Crippen LogP contribution in [0.15, 0.2) is 52.9 Å². The van der Waals surface area contributed by atoms with Crippen LogP contribution in [-0.4, -0.2) is 12.9 Å². The molecule has 3 N–H and O–H groups in total. The summed E-state index contributed by atoms with van der Waals surface area (Å²) < 4.78 is 10.9. The molecular formula is C21H14ClN3O3S. The molecule has 0 amide bonds. The molecular weight excluding hydrogens is 410 g/mol. The Balaban J connectivity index is 1.72. The highest BCUT2D eigenvalue weighted by atomic mass is 35.5. The largest absolute Gasteiger partial charge is 0.497 e. The maximum atomic E-state index is 13.0. The first kappa shape index (κ1) is 18.9. The Bertz CT molecular complexity index is 1290. The van der Waals surface area contributed by atoms with Crippen molar-refractivity contribution in [2.75, 3.05) is 18.2 Å². The number of benzene rings is 2. The van der Waals surface area contributed by atoms with Gasteiger partial charge in [-0.1, -0.05) is 17.7 Å². The predicted octanol–water partition coefficient (Wildman–Crippen LogP) is 5.58. The molecule has 4 aromatic rings. The smallest absolute Gasteiger partial charge is 0.240 e. The summed E-state index contributed by atoms with van der Waals surface area (Å²) in [5.41, 5.74) is 7.70. The number of nitrogens with one attached hydrogen (secondary N) is 1. The van der Waals surface area contributed by atoms with Crippen molar-refractivity contribution in [1.82, 2.24) is 0 Å². The number of furan rings is 1. The molecule has 0 radical (unpaired) electrons. The van der Waals surface area contributed by atoms with Crippen molar-refractivity contribution in [3.05, 3.63) is 69.8 Å². The zero-order valence-electron chi connectivity index (χ0n) is 15.2. The number of ketones is 1. The number of nitriles is 1. The zero-order valence-corrected chi connectivity index (χ0v) is 16.7. The SMILES string of the molecule is COc1cccc(Nc2sc(C(=O)c3cc4cc(Cl)ccc4o3)c(N)c2C#N)c1. The number of ether oxygens (including phenoxy) is 1. The van der Waals surface area contributed by atoms with Gasteiger partial charge in [-0.25, -0.2) is 0 Å². The summed E-state index contributed by atoms with van der Waals surface area (Å²) in [6, 6.07) is 16.0. The lowest BCUT2D eigenvalue weighted by Gasteiger charge is -2.06. The third kappa shape index (κ3) is 3.51. The summed E-state index contributed by atoms with van der Waals surface area (Å²) in [7, 11) is 1.57. The van der Waals surface area contributed by atoms with E-state index < -0.39 is 5.78 Å². The first-order chi connectivity index (χ1) is 14.0. The summed E-state index contributed by atoms with van der Waals surface area (Å²) >= 11 is 7.09. The van der Waals surface area contributed by atoms with Gasteiger partial charge in [-0.15, -0.1) is 11.3 Å². The maximum absolute atomic E-state index is 13.0. The highest BCUT2D eigenvalue weighted by Crippen LogP contribution is 2.39. The molecule has 2 heterocycles. The van der Waals surface area contributed by atoms with Crippen molar-refractivity contribution in [2.24, 2.45) is 0 Å². The summed E-state index contributed by atoms with van der Waals surface area (Å²) in [6.07, 6.45) is 0. The number of nitrogens with two attached hydrogens (primary N) is 1. The molecule has 0 aliphatic carbocycles. The summed E-state index contributed by atoms with van der Waals surface area (Å²) in [5.74, 6) is 0.401. The lowest BCUT2D eigenvalue weighted by atomic mass is 10.1. The van der Waals surface area contributed by atoms with Crippen LogP contribution >= 0.6 is 22.9 Å². The molecule has 0 saturated heterocycles. The van der Waals surface area contributed by atoms with Crippen LogP contribution in [-0.2, 0) is 0 Å². The second-order valence-electron chi connectivity index (χ2n) is 6.14. The van der Waals surface area contributed by atoms with Crippen LogP contribution in [0.3, 0.4) is 0 Å². The van der Waals surface area contributed by atoms with Crippen molar-refractivity contribution in [3.63, 3.8) is 0 Å². The normalized spacial score (nSPS) is 10.7. The molecule has 0 aliphatic rings. The van der Waals surface area contributed by atoms with E-state index in [-0.39, 0.29) is 21.9 Å². The number of anilines is 3. The topological polar surface area (TPSA) is 101 Å². The standard InChI is InChI=1S/C21H14ClN3O3S/c1-27-14-4-2-3-13(9-14)25-21-15(10-23)18(24)20(29-21)19(26)17-8-11-7-12(22)5-6-16(11)28-17/h2-9,25H,24H2,1H3. The molecule has 2 aromatic heterocycles. The van der Waals surface area contributed by atoms with E-state index >= 15 is 0 Å². The van der Waals surface area contributed by atoms with E-state index in [9.17, 15) is 10.1 Å². The minimum absolute atomic E-state index is 0.117. The van der Waals surface area contributed by atoms with Gasteiger partial charge in [0.25, 0.3) is 0 Å². The van der Waals surface area contributed by atoms with Gasteiger partial charge in [-0.05, 0) is 36.4 Å². The van der Waals surface area contributed by atoms with Crippen LogP contribution < -0.4 is 15.8 Å². The van der Waals surface area contributed by atoms with E-state index in [1.807, 2.05) is 18.2 Å². The highest BCUT2D eigenvalue weighted by molar-refractivity contribution is 7.19. The van der Waals surface area contributed by atoms with Crippen LogP contribution in [0.1, 0.15) is 21.0 Å². The number of nitrogens with zero attached hydrogens (tertiary/aromatic N) is 1. The second-order valence-corrected chi connectivity index (χ2v) is 7.60. The third-order valence-electron chi connectivity index (χ3n) is 4.29. The number of rotatable bonds is 5. The van der Waals surface area contributed by atoms with Crippen molar-refractivity contribution in [2.45, 2.75) is 0 Å². The maximum Gasteiger partial charge on any atom is 0.240 e. The second kappa shape index (κ2) is 7.51. The average Bonchev–Trinajstić information content (AvgIpc) is 3.28. The Kier molecular flexibility index (Phi) is 4.89. The molecule has 0 fully saturated rings. The molecule has 2 aromatic carbocycles. The minimum atomic E-state index is -0.394. The van der Waals surface area contributed by atoms with E-state index in [0.29, 0.717) is 32.4 Å². The summed E-state index contributed by atoms with van der Waals surface area (Å²) in [6.45, 7) is 0. The Morgan fingerprint density at radius 2 is 2.10 bits per heavy atom. The number of carbonyl (C=O) groups is 1. The Hall–Kier alpha value is -3.47. The number of fused-ring (bicyclic) bond motifs is 1. The fourth-order valence-corrected chi connectivity index (χ4v) is 4.10. The van der Waals surface area contributed by atoms with E-state index in [1.54, 1.807) is 37.4 Å². The van der Waals surface area contributed by atoms with Gasteiger partial charge in [-0.2, -0.15) is 5.26 Å². The summed E-state index contributed by atoms with van der Waals surface area (Å²) in [5, 5.41) is 14.4. The first-order valence-corrected chi connectivity index (χ1v) is 9.67. The number of halogens is 1. The quantitative estimate of drug-likeness (QED) is 0.406. The monoisotopic (exact) mass is 423 g/mol. The van der Waals surface area contributed by atoms with Crippen molar-refractivity contribution < 1.29 is 13.9 Å². The number of methoxy groups -OCH3 is 1. The molecule has 0 aliphatic heterocycles. The molecule has 0 saturated carbocycles. The van der Waals surface area contributed by atoms with Crippen molar-refractivity contribution >= 4 is 56.1 Å². The van der Waals surface area contributed by atoms with Gasteiger partial charge in [0.15, 0.2) is 5.76 Å². The van der Waals surface area contributed by atoms with Gasteiger partial charge in [0, 0.05) is 22.2 Å². The fraction of sp³-hybridized carbons (Fsp3) is 0.0476. The van der Waals surface area contributed by atoms with Crippen LogP contribution in [0.2, 0.25) is 5.02 Å². The van der Waals surface area contributed by atoms with Gasteiger partial charge in [0.1, 0.15) is 32.8 Å².